The van der Waals surface area contributed by atoms with Crippen molar-refractivity contribution < 1.29 is 14.3 Å². The predicted octanol–water partition coefficient (Wildman–Crippen LogP) is 4.52. The lowest BCUT2D eigenvalue weighted by molar-refractivity contribution is 0.0934. The number of amides is 2. The zero-order valence-electron chi connectivity index (χ0n) is 16.0. The molecule has 3 rings (SSSR count). The van der Waals surface area contributed by atoms with Crippen molar-refractivity contribution >= 4 is 52.3 Å². The number of hydrogen-bond acceptors (Lipinski definition) is 4. The molecule has 0 aliphatic rings. The van der Waals surface area contributed by atoms with Crippen LogP contribution >= 0.6 is 35.4 Å². The SMILES string of the molecule is O=C(NNC(=S)NC(=O)c1cc(Cl)cc(Cl)c1)c1ccc(OCc2ccccc2)cc1. The summed E-state index contributed by atoms with van der Waals surface area (Å²) < 4.78 is 5.69. The van der Waals surface area contributed by atoms with Gasteiger partial charge in [-0.15, -0.1) is 0 Å². The number of hydrazine groups is 1. The molecule has 0 saturated carbocycles. The molecule has 31 heavy (non-hydrogen) atoms. The topological polar surface area (TPSA) is 79.5 Å². The molecule has 0 radical (unpaired) electrons. The Labute approximate surface area is 194 Å². The van der Waals surface area contributed by atoms with Crippen molar-refractivity contribution in [3.63, 3.8) is 0 Å². The van der Waals surface area contributed by atoms with Gasteiger partial charge in [0.05, 0.1) is 0 Å². The van der Waals surface area contributed by atoms with E-state index in [9.17, 15) is 9.59 Å². The van der Waals surface area contributed by atoms with Crippen LogP contribution in [-0.2, 0) is 6.61 Å². The van der Waals surface area contributed by atoms with Gasteiger partial charge in [-0.05, 0) is 60.2 Å². The number of rotatable bonds is 5. The summed E-state index contributed by atoms with van der Waals surface area (Å²) in [5, 5.41) is 2.98. The van der Waals surface area contributed by atoms with Crippen molar-refractivity contribution in [1.82, 2.24) is 16.2 Å². The molecule has 0 heterocycles. The molecule has 0 spiro atoms. The predicted molar refractivity (Wildman–Crippen MR) is 124 cm³/mol. The van der Waals surface area contributed by atoms with Gasteiger partial charge in [-0.1, -0.05) is 53.5 Å². The Morgan fingerprint density at radius 3 is 2.10 bits per heavy atom. The highest BCUT2D eigenvalue weighted by molar-refractivity contribution is 7.80. The number of ether oxygens (including phenoxy) is 1. The number of benzene rings is 3. The van der Waals surface area contributed by atoms with E-state index in [-0.39, 0.29) is 10.7 Å². The number of hydrogen-bond donors (Lipinski definition) is 3. The van der Waals surface area contributed by atoms with Gasteiger partial charge in [0, 0.05) is 21.2 Å². The highest BCUT2D eigenvalue weighted by atomic mass is 35.5. The summed E-state index contributed by atoms with van der Waals surface area (Å²) in [6, 6.07) is 20.8. The lowest BCUT2D eigenvalue weighted by Crippen LogP contribution is -2.48. The van der Waals surface area contributed by atoms with E-state index in [0.29, 0.717) is 28.0 Å². The summed E-state index contributed by atoms with van der Waals surface area (Å²) >= 11 is 16.8. The van der Waals surface area contributed by atoms with Crippen molar-refractivity contribution in [2.45, 2.75) is 6.61 Å². The molecule has 0 saturated heterocycles. The van der Waals surface area contributed by atoms with Crippen molar-refractivity contribution in [1.29, 1.82) is 0 Å². The van der Waals surface area contributed by atoms with E-state index >= 15 is 0 Å². The lowest BCUT2D eigenvalue weighted by atomic mass is 10.2. The average Bonchev–Trinajstić information content (AvgIpc) is 2.76. The number of carbonyl (C=O) groups excluding carboxylic acids is 2. The van der Waals surface area contributed by atoms with Gasteiger partial charge >= 0.3 is 0 Å². The Morgan fingerprint density at radius 2 is 1.45 bits per heavy atom. The first kappa shape index (κ1) is 22.6. The second-order valence-electron chi connectivity index (χ2n) is 6.32. The van der Waals surface area contributed by atoms with E-state index < -0.39 is 11.8 Å². The molecule has 6 nitrogen and oxygen atoms in total. The van der Waals surface area contributed by atoms with Crippen molar-refractivity contribution in [3.05, 3.63) is 99.5 Å². The van der Waals surface area contributed by atoms with Gasteiger partial charge in [0.2, 0.25) is 0 Å². The van der Waals surface area contributed by atoms with Gasteiger partial charge in [0.25, 0.3) is 11.8 Å². The highest BCUT2D eigenvalue weighted by Crippen LogP contribution is 2.19. The summed E-state index contributed by atoms with van der Waals surface area (Å²) in [6.07, 6.45) is 0. The number of thiocarbonyl (C=S) groups is 1. The Kier molecular flexibility index (Phi) is 7.83. The lowest BCUT2D eigenvalue weighted by Gasteiger charge is -2.11. The second kappa shape index (κ2) is 10.8. The molecule has 0 aliphatic carbocycles. The average molecular weight is 474 g/mol. The maximum atomic E-state index is 12.3. The molecule has 0 aliphatic heterocycles. The van der Waals surface area contributed by atoms with E-state index in [2.05, 4.69) is 16.2 Å². The number of halogens is 2. The fraction of sp³-hybridized carbons (Fsp3) is 0.0455. The zero-order chi connectivity index (χ0) is 22.2. The third-order valence-corrected chi connectivity index (χ3v) is 4.65. The Hall–Kier alpha value is -3.13. The van der Waals surface area contributed by atoms with E-state index in [1.54, 1.807) is 24.3 Å². The second-order valence-corrected chi connectivity index (χ2v) is 7.60. The molecule has 3 aromatic rings. The minimum atomic E-state index is -0.518. The Bertz CT molecular complexity index is 1070. The molecule has 0 fully saturated rings. The third-order valence-electron chi connectivity index (χ3n) is 4.01. The van der Waals surface area contributed by atoms with Crippen LogP contribution in [0.4, 0.5) is 0 Å². The van der Waals surface area contributed by atoms with E-state index in [1.165, 1.54) is 18.2 Å². The molecular formula is C22H17Cl2N3O3S. The van der Waals surface area contributed by atoms with Crippen LogP contribution in [0.1, 0.15) is 26.3 Å². The maximum absolute atomic E-state index is 12.3. The molecule has 0 aromatic heterocycles. The first-order valence-corrected chi connectivity index (χ1v) is 10.2. The standard InChI is InChI=1S/C22H17Cl2N3O3S/c23-17-10-16(11-18(24)12-17)20(28)25-22(31)27-26-21(29)15-6-8-19(9-7-15)30-13-14-4-2-1-3-5-14/h1-12H,13H2,(H,26,29)(H2,25,27,28,31). The van der Waals surface area contributed by atoms with E-state index in [1.807, 2.05) is 30.3 Å². The summed E-state index contributed by atoms with van der Waals surface area (Å²) in [6.45, 7) is 0.430. The number of carbonyl (C=O) groups is 2. The quantitative estimate of drug-likeness (QED) is 0.374. The van der Waals surface area contributed by atoms with Crippen LogP contribution < -0.4 is 20.9 Å². The molecule has 0 unspecified atom stereocenters. The van der Waals surface area contributed by atoms with Gasteiger partial charge in [0.15, 0.2) is 5.11 Å². The highest BCUT2D eigenvalue weighted by Gasteiger charge is 2.11. The van der Waals surface area contributed by atoms with Crippen LogP contribution in [-0.4, -0.2) is 16.9 Å². The van der Waals surface area contributed by atoms with Crippen molar-refractivity contribution in [3.8, 4) is 5.75 Å². The van der Waals surface area contributed by atoms with E-state index in [0.717, 1.165) is 5.56 Å². The first-order valence-electron chi connectivity index (χ1n) is 9.05. The van der Waals surface area contributed by atoms with Gasteiger partial charge in [0.1, 0.15) is 12.4 Å². The normalized spacial score (nSPS) is 10.1. The molecule has 0 atom stereocenters. The van der Waals surface area contributed by atoms with Crippen LogP contribution in [0.5, 0.6) is 5.75 Å². The van der Waals surface area contributed by atoms with Gasteiger partial charge in [-0.3, -0.25) is 25.8 Å². The van der Waals surface area contributed by atoms with E-state index in [4.69, 9.17) is 40.2 Å². The van der Waals surface area contributed by atoms with Crippen LogP contribution in [0.3, 0.4) is 0 Å². The van der Waals surface area contributed by atoms with Crippen LogP contribution in [0.2, 0.25) is 10.0 Å². The van der Waals surface area contributed by atoms with Crippen molar-refractivity contribution in [2.75, 3.05) is 0 Å². The first-order chi connectivity index (χ1) is 14.9. The summed E-state index contributed by atoms with van der Waals surface area (Å²) in [4.78, 5) is 24.5. The molecule has 3 aromatic carbocycles. The van der Waals surface area contributed by atoms with Crippen LogP contribution in [0, 0.1) is 0 Å². The van der Waals surface area contributed by atoms with Gasteiger partial charge < -0.3 is 4.74 Å². The largest absolute Gasteiger partial charge is 0.489 e. The third kappa shape index (κ3) is 6.96. The van der Waals surface area contributed by atoms with Gasteiger partial charge in [-0.2, -0.15) is 0 Å². The Balaban J connectivity index is 1.47. The molecule has 158 valence electrons. The maximum Gasteiger partial charge on any atom is 0.269 e. The van der Waals surface area contributed by atoms with Crippen molar-refractivity contribution in [2.24, 2.45) is 0 Å². The summed E-state index contributed by atoms with van der Waals surface area (Å²) in [5.41, 5.74) is 6.56. The fourth-order valence-electron chi connectivity index (χ4n) is 2.52. The molecule has 2 amide bonds. The smallest absolute Gasteiger partial charge is 0.269 e. The summed E-state index contributed by atoms with van der Waals surface area (Å²) in [7, 11) is 0. The van der Waals surface area contributed by atoms with Crippen LogP contribution in [0.15, 0.2) is 72.8 Å². The Morgan fingerprint density at radius 1 is 0.806 bits per heavy atom. The van der Waals surface area contributed by atoms with Crippen LogP contribution in [0.25, 0.3) is 0 Å². The zero-order valence-corrected chi connectivity index (χ0v) is 18.4. The molecule has 3 N–H and O–H groups in total. The number of nitrogens with one attached hydrogen (secondary N) is 3. The summed E-state index contributed by atoms with van der Waals surface area (Å²) in [5.74, 6) is -0.315. The minimum absolute atomic E-state index is 0.0859. The van der Waals surface area contributed by atoms with Gasteiger partial charge in [-0.25, -0.2) is 0 Å². The minimum Gasteiger partial charge on any atom is -0.489 e. The molecular weight excluding hydrogens is 457 g/mol. The monoisotopic (exact) mass is 473 g/mol. The molecule has 0 bridgehead atoms. The molecule has 9 heteroatoms. The fourth-order valence-corrected chi connectivity index (χ4v) is 3.19.